The normalized spacial score (nSPS) is 10.6. The number of nitrogens with zero attached hydrogens (tertiary/aromatic N) is 3. The van der Waals surface area contributed by atoms with Gasteiger partial charge in [0, 0.05) is 36.6 Å². The average molecular weight is 515 g/mol. The van der Waals surface area contributed by atoms with Crippen molar-refractivity contribution in [3.8, 4) is 5.75 Å². The molecule has 4 aromatic rings. The highest BCUT2D eigenvalue weighted by atomic mass is 16.5. The third-order valence-electron chi connectivity index (χ3n) is 5.25. The molecule has 0 aliphatic carbocycles. The summed E-state index contributed by atoms with van der Waals surface area (Å²) < 4.78 is 5.39. The lowest BCUT2D eigenvalue weighted by molar-refractivity contribution is 0.0951. The Morgan fingerprint density at radius 1 is 0.789 bits per heavy atom. The average Bonchev–Trinajstić information content (AvgIpc) is 2.94. The van der Waals surface area contributed by atoms with E-state index in [1.807, 2.05) is 30.3 Å². The van der Waals surface area contributed by atoms with Gasteiger partial charge in [-0.3, -0.25) is 4.79 Å². The second-order valence-electron chi connectivity index (χ2n) is 8.18. The van der Waals surface area contributed by atoms with Crippen LogP contribution in [0.25, 0.3) is 0 Å². The van der Waals surface area contributed by atoms with E-state index in [-0.39, 0.29) is 11.7 Å². The van der Waals surface area contributed by atoms with Crippen LogP contribution in [0.3, 0.4) is 0 Å². The molecule has 11 heteroatoms. The fourth-order valence-corrected chi connectivity index (χ4v) is 3.38. The number of nitrogens with one attached hydrogen (secondary N) is 4. The van der Waals surface area contributed by atoms with E-state index in [4.69, 9.17) is 10.5 Å². The summed E-state index contributed by atoms with van der Waals surface area (Å²) >= 11 is 0. The Morgan fingerprint density at radius 3 is 2.03 bits per heavy atom. The first-order valence-corrected chi connectivity index (χ1v) is 12.1. The Kier molecular flexibility index (Phi) is 9.38. The number of carbonyl (C=O) groups excluding carboxylic acids is 1. The molecule has 1 heterocycles. The van der Waals surface area contributed by atoms with Crippen LogP contribution in [0.4, 0.5) is 29.2 Å². The Bertz CT molecular complexity index is 1300. The molecular weight excluding hydrogens is 484 g/mol. The summed E-state index contributed by atoms with van der Waals surface area (Å²) in [5.74, 6) is 0.940. The zero-order valence-electron chi connectivity index (χ0n) is 20.7. The van der Waals surface area contributed by atoms with E-state index in [0.29, 0.717) is 67.6 Å². The maximum Gasteiger partial charge on any atom is 0.251 e. The number of hydrogen-bond donors (Lipinski definition) is 6. The summed E-state index contributed by atoms with van der Waals surface area (Å²) in [4.78, 5) is 25.8. The molecule has 0 saturated heterocycles. The van der Waals surface area contributed by atoms with Gasteiger partial charge in [0.1, 0.15) is 5.75 Å². The van der Waals surface area contributed by atoms with Gasteiger partial charge in [0.2, 0.25) is 17.8 Å². The van der Waals surface area contributed by atoms with Gasteiger partial charge in [-0.2, -0.15) is 15.0 Å². The van der Waals surface area contributed by atoms with Crippen molar-refractivity contribution in [3.63, 3.8) is 0 Å². The van der Waals surface area contributed by atoms with Gasteiger partial charge in [0.05, 0.1) is 13.2 Å². The summed E-state index contributed by atoms with van der Waals surface area (Å²) in [6.07, 6.45) is 0. The largest absolute Gasteiger partial charge is 0.508 e. The first-order valence-electron chi connectivity index (χ1n) is 12.1. The first-order chi connectivity index (χ1) is 18.6. The molecule has 11 nitrogen and oxygen atoms in total. The summed E-state index contributed by atoms with van der Waals surface area (Å²) in [6.45, 7) is 2.30. The summed E-state index contributed by atoms with van der Waals surface area (Å²) in [5.41, 5.74) is 8.41. The third-order valence-corrected chi connectivity index (χ3v) is 5.25. The minimum atomic E-state index is -0.163. The van der Waals surface area contributed by atoms with Crippen LogP contribution in [0.5, 0.6) is 5.75 Å². The van der Waals surface area contributed by atoms with Gasteiger partial charge in [0.15, 0.2) is 0 Å². The zero-order chi connectivity index (χ0) is 26.6. The molecule has 0 atom stereocenters. The lowest BCUT2D eigenvalue weighted by Crippen LogP contribution is -2.22. The molecule has 1 amide bonds. The molecule has 0 radical (unpaired) electrons. The van der Waals surface area contributed by atoms with Gasteiger partial charge in [-0.1, -0.05) is 30.3 Å². The molecule has 0 aliphatic rings. The smallest absolute Gasteiger partial charge is 0.251 e. The fourth-order valence-electron chi connectivity index (χ4n) is 3.38. The van der Waals surface area contributed by atoms with Crippen LogP contribution in [0, 0.1) is 0 Å². The first kappa shape index (κ1) is 26.3. The molecule has 7 N–H and O–H groups in total. The second kappa shape index (κ2) is 13.5. The van der Waals surface area contributed by atoms with Crippen molar-refractivity contribution in [3.05, 3.63) is 90.0 Å². The number of benzene rings is 3. The van der Waals surface area contributed by atoms with Gasteiger partial charge in [-0.15, -0.1) is 0 Å². The van der Waals surface area contributed by atoms with E-state index in [1.165, 1.54) is 0 Å². The molecule has 0 aliphatic heterocycles. The van der Waals surface area contributed by atoms with Crippen molar-refractivity contribution in [1.82, 2.24) is 20.3 Å². The van der Waals surface area contributed by atoms with Crippen molar-refractivity contribution in [2.45, 2.75) is 6.54 Å². The van der Waals surface area contributed by atoms with Crippen molar-refractivity contribution in [1.29, 1.82) is 0 Å². The Labute approximate surface area is 220 Å². The van der Waals surface area contributed by atoms with Gasteiger partial charge in [-0.05, 0) is 54.1 Å². The number of amides is 1. The van der Waals surface area contributed by atoms with Crippen LogP contribution in [0.2, 0.25) is 0 Å². The topological polar surface area (TPSA) is 159 Å². The predicted octanol–water partition coefficient (Wildman–Crippen LogP) is 3.38. The number of nitrogens with two attached hydrogens (primary N) is 1. The number of aromatic nitrogens is 3. The van der Waals surface area contributed by atoms with E-state index in [2.05, 4.69) is 36.2 Å². The number of hydrogen-bond acceptors (Lipinski definition) is 10. The molecule has 0 saturated carbocycles. The highest BCUT2D eigenvalue weighted by Crippen LogP contribution is 2.20. The number of phenolic OH excluding ortho intramolecular Hbond substituents is 1. The maximum atomic E-state index is 12.5. The van der Waals surface area contributed by atoms with Gasteiger partial charge >= 0.3 is 0 Å². The molecule has 3 aromatic carbocycles. The summed E-state index contributed by atoms with van der Waals surface area (Å²) in [5, 5.41) is 21.8. The Hall–Kier alpha value is -4.74. The van der Waals surface area contributed by atoms with E-state index in [0.717, 1.165) is 5.56 Å². The van der Waals surface area contributed by atoms with Crippen molar-refractivity contribution >= 4 is 35.1 Å². The highest BCUT2D eigenvalue weighted by Gasteiger charge is 2.10. The fraction of sp³-hybridized carbons (Fsp3) is 0.185. The number of rotatable bonds is 13. The minimum absolute atomic E-state index is 0.158. The van der Waals surface area contributed by atoms with Crippen LogP contribution < -0.4 is 27.0 Å². The summed E-state index contributed by atoms with van der Waals surface area (Å²) in [6, 6.07) is 23.3. The molecule has 196 valence electrons. The molecule has 38 heavy (non-hydrogen) atoms. The van der Waals surface area contributed by atoms with Gasteiger partial charge in [-0.25, -0.2) is 0 Å². The zero-order valence-corrected chi connectivity index (χ0v) is 20.7. The predicted molar refractivity (Wildman–Crippen MR) is 147 cm³/mol. The van der Waals surface area contributed by atoms with E-state index >= 15 is 0 Å². The molecular formula is C27H30N8O3. The van der Waals surface area contributed by atoms with Crippen LogP contribution in [-0.2, 0) is 11.3 Å². The van der Waals surface area contributed by atoms with Crippen molar-refractivity contribution in [2.24, 2.45) is 5.73 Å². The van der Waals surface area contributed by atoms with Gasteiger partial charge in [0.25, 0.3) is 5.91 Å². The molecule has 0 bridgehead atoms. The third kappa shape index (κ3) is 8.15. The molecule has 4 rings (SSSR count). The van der Waals surface area contributed by atoms with Crippen LogP contribution in [0.15, 0.2) is 78.9 Å². The number of ether oxygens (including phenoxy) is 1. The van der Waals surface area contributed by atoms with E-state index < -0.39 is 0 Å². The van der Waals surface area contributed by atoms with Crippen LogP contribution >= 0.6 is 0 Å². The number of aromatic hydroxyl groups is 1. The van der Waals surface area contributed by atoms with Crippen LogP contribution in [0.1, 0.15) is 15.9 Å². The number of anilines is 5. The maximum absolute atomic E-state index is 12.5. The standard InChI is InChI=1S/C27H30N8O3/c28-14-16-38-17-15-29-25-33-26(35-27(34-25)32-22-10-12-23(36)13-11-22)31-21-8-6-20(7-9-21)24(37)30-18-19-4-2-1-3-5-19/h1-13,36H,14-18,28H2,(H,30,37)(H3,29,31,32,33,34,35). The molecule has 0 unspecified atom stereocenters. The lowest BCUT2D eigenvalue weighted by Gasteiger charge is -2.12. The van der Waals surface area contributed by atoms with Crippen molar-refractivity contribution in [2.75, 3.05) is 42.3 Å². The molecule has 1 aromatic heterocycles. The van der Waals surface area contributed by atoms with Crippen molar-refractivity contribution < 1.29 is 14.6 Å². The number of phenols is 1. The molecule has 0 fully saturated rings. The quantitative estimate of drug-likeness (QED) is 0.115. The summed E-state index contributed by atoms with van der Waals surface area (Å²) in [7, 11) is 0. The Morgan fingerprint density at radius 2 is 1.39 bits per heavy atom. The second-order valence-corrected chi connectivity index (χ2v) is 8.18. The van der Waals surface area contributed by atoms with E-state index in [9.17, 15) is 9.90 Å². The lowest BCUT2D eigenvalue weighted by atomic mass is 10.2. The highest BCUT2D eigenvalue weighted by molar-refractivity contribution is 5.94. The van der Waals surface area contributed by atoms with Crippen LogP contribution in [-0.4, -0.2) is 52.3 Å². The number of carbonyl (C=O) groups is 1. The minimum Gasteiger partial charge on any atom is -0.508 e. The van der Waals surface area contributed by atoms with E-state index in [1.54, 1.807) is 48.5 Å². The molecule has 0 spiro atoms. The Balaban J connectivity index is 1.43. The SMILES string of the molecule is NCCOCCNc1nc(Nc2ccc(O)cc2)nc(Nc2ccc(C(=O)NCc3ccccc3)cc2)n1. The monoisotopic (exact) mass is 514 g/mol. The van der Waals surface area contributed by atoms with Gasteiger partial charge < -0.3 is 36.8 Å².